The van der Waals surface area contributed by atoms with Gasteiger partial charge in [-0.3, -0.25) is 9.69 Å². The molecule has 1 aliphatic heterocycles. The van der Waals surface area contributed by atoms with E-state index in [1.807, 2.05) is 12.1 Å². The highest BCUT2D eigenvalue weighted by Gasteiger charge is 2.11. The number of rotatable bonds is 6. The van der Waals surface area contributed by atoms with Crippen LogP contribution in [0.1, 0.15) is 10.4 Å². The number of carbonyl (C=O) groups excluding carboxylic acids is 1. The van der Waals surface area contributed by atoms with Crippen LogP contribution in [0.25, 0.3) is 0 Å². The van der Waals surface area contributed by atoms with Crippen LogP contribution < -0.4 is 10.1 Å². The molecule has 3 rings (SSSR count). The summed E-state index contributed by atoms with van der Waals surface area (Å²) in [5, 5.41) is 2.94. The lowest BCUT2D eigenvalue weighted by Crippen LogP contribution is -2.41. The molecule has 0 unspecified atom stereocenters. The number of ether oxygens (including phenoxy) is 2. The summed E-state index contributed by atoms with van der Waals surface area (Å²) >= 11 is 0. The highest BCUT2D eigenvalue weighted by molar-refractivity contribution is 5.94. The molecular formula is C18H21N3O3. The second kappa shape index (κ2) is 8.42. The van der Waals surface area contributed by atoms with Crippen LogP contribution in [0.5, 0.6) is 11.6 Å². The van der Waals surface area contributed by atoms with Gasteiger partial charge in [0.05, 0.1) is 13.2 Å². The van der Waals surface area contributed by atoms with E-state index >= 15 is 0 Å². The molecule has 2 aromatic rings. The SMILES string of the molecule is O=C(NCCN1CCOCC1)c1cccc(Oc2ccccn2)c1. The lowest BCUT2D eigenvalue weighted by atomic mass is 10.2. The Morgan fingerprint density at radius 2 is 2.08 bits per heavy atom. The van der Waals surface area contributed by atoms with Gasteiger partial charge in [0.2, 0.25) is 5.88 Å². The van der Waals surface area contributed by atoms with Gasteiger partial charge in [0.1, 0.15) is 5.75 Å². The molecule has 0 spiro atoms. The molecule has 0 atom stereocenters. The molecule has 0 bridgehead atoms. The number of amides is 1. The van der Waals surface area contributed by atoms with Gasteiger partial charge < -0.3 is 14.8 Å². The van der Waals surface area contributed by atoms with E-state index < -0.39 is 0 Å². The topological polar surface area (TPSA) is 63.7 Å². The van der Waals surface area contributed by atoms with Gasteiger partial charge in [-0.05, 0) is 24.3 Å². The van der Waals surface area contributed by atoms with Gasteiger partial charge in [-0.2, -0.15) is 0 Å². The van der Waals surface area contributed by atoms with Gasteiger partial charge in [0, 0.05) is 44.0 Å². The van der Waals surface area contributed by atoms with Crippen molar-refractivity contribution in [3.63, 3.8) is 0 Å². The third kappa shape index (κ3) is 4.78. The van der Waals surface area contributed by atoms with Crippen molar-refractivity contribution in [3.05, 3.63) is 54.2 Å². The zero-order valence-electron chi connectivity index (χ0n) is 13.5. The van der Waals surface area contributed by atoms with Crippen molar-refractivity contribution >= 4 is 5.91 Å². The average Bonchev–Trinajstić information content (AvgIpc) is 2.64. The highest BCUT2D eigenvalue weighted by atomic mass is 16.5. The summed E-state index contributed by atoms with van der Waals surface area (Å²) in [6, 6.07) is 12.5. The maximum Gasteiger partial charge on any atom is 0.251 e. The lowest BCUT2D eigenvalue weighted by Gasteiger charge is -2.26. The largest absolute Gasteiger partial charge is 0.439 e. The van der Waals surface area contributed by atoms with Gasteiger partial charge in [-0.1, -0.05) is 12.1 Å². The number of nitrogens with zero attached hydrogens (tertiary/aromatic N) is 2. The number of pyridine rings is 1. The summed E-state index contributed by atoms with van der Waals surface area (Å²) in [6.07, 6.45) is 1.66. The number of hydrogen-bond acceptors (Lipinski definition) is 5. The van der Waals surface area contributed by atoms with Gasteiger partial charge in [-0.25, -0.2) is 4.98 Å². The molecule has 24 heavy (non-hydrogen) atoms. The summed E-state index contributed by atoms with van der Waals surface area (Å²) in [6.45, 7) is 4.82. The molecule has 0 saturated carbocycles. The Morgan fingerprint density at radius 3 is 2.88 bits per heavy atom. The van der Waals surface area contributed by atoms with E-state index in [2.05, 4.69) is 15.2 Å². The molecular weight excluding hydrogens is 306 g/mol. The normalized spacial score (nSPS) is 15.0. The summed E-state index contributed by atoms with van der Waals surface area (Å²) < 4.78 is 11.0. The maximum absolute atomic E-state index is 12.3. The molecule has 1 saturated heterocycles. The second-order valence-corrected chi connectivity index (χ2v) is 5.51. The smallest absolute Gasteiger partial charge is 0.251 e. The second-order valence-electron chi connectivity index (χ2n) is 5.51. The van der Waals surface area contributed by atoms with Gasteiger partial charge >= 0.3 is 0 Å². The quantitative estimate of drug-likeness (QED) is 0.878. The van der Waals surface area contributed by atoms with Crippen LogP contribution >= 0.6 is 0 Å². The lowest BCUT2D eigenvalue weighted by molar-refractivity contribution is 0.0383. The molecule has 0 aliphatic carbocycles. The van der Waals surface area contributed by atoms with Crippen molar-refractivity contribution in [1.29, 1.82) is 0 Å². The summed E-state index contributed by atoms with van der Waals surface area (Å²) in [5.74, 6) is 0.992. The Balaban J connectivity index is 1.52. The third-order valence-corrected chi connectivity index (χ3v) is 3.77. The molecule has 126 valence electrons. The average molecular weight is 327 g/mol. The highest BCUT2D eigenvalue weighted by Crippen LogP contribution is 2.19. The van der Waals surface area contributed by atoms with Gasteiger partial charge in [0.15, 0.2) is 0 Å². The fraction of sp³-hybridized carbons (Fsp3) is 0.333. The first-order valence-electron chi connectivity index (χ1n) is 8.08. The number of benzene rings is 1. The molecule has 2 heterocycles. The standard InChI is InChI=1S/C18H21N3O3/c22-18(20-8-9-21-10-12-23-13-11-21)15-4-3-5-16(14-15)24-17-6-1-2-7-19-17/h1-7,14H,8-13H2,(H,20,22). The zero-order valence-corrected chi connectivity index (χ0v) is 13.5. The van der Waals surface area contributed by atoms with E-state index in [0.717, 1.165) is 32.8 Å². The van der Waals surface area contributed by atoms with Crippen molar-refractivity contribution in [1.82, 2.24) is 15.2 Å². The van der Waals surface area contributed by atoms with E-state index in [1.165, 1.54) is 0 Å². The predicted octanol–water partition coefficient (Wildman–Crippen LogP) is 1.94. The Morgan fingerprint density at radius 1 is 1.21 bits per heavy atom. The molecule has 0 radical (unpaired) electrons. The summed E-state index contributed by atoms with van der Waals surface area (Å²) in [4.78, 5) is 18.7. The first-order chi connectivity index (χ1) is 11.8. The summed E-state index contributed by atoms with van der Waals surface area (Å²) in [5.41, 5.74) is 0.574. The third-order valence-electron chi connectivity index (χ3n) is 3.77. The molecule has 1 aromatic heterocycles. The van der Waals surface area contributed by atoms with E-state index in [-0.39, 0.29) is 5.91 Å². The fourth-order valence-corrected chi connectivity index (χ4v) is 2.48. The minimum absolute atomic E-state index is 0.102. The first kappa shape index (κ1) is 16.4. The van der Waals surface area contributed by atoms with Crippen molar-refractivity contribution in [2.75, 3.05) is 39.4 Å². The Bertz CT molecular complexity index is 658. The number of carbonyl (C=O) groups is 1. The Hall–Kier alpha value is -2.44. The van der Waals surface area contributed by atoms with Crippen molar-refractivity contribution in [2.24, 2.45) is 0 Å². The monoisotopic (exact) mass is 327 g/mol. The number of aromatic nitrogens is 1. The molecule has 6 nitrogen and oxygen atoms in total. The molecule has 1 fully saturated rings. The van der Waals surface area contributed by atoms with Crippen molar-refractivity contribution < 1.29 is 14.3 Å². The molecule has 1 aromatic carbocycles. The molecule has 1 amide bonds. The van der Waals surface area contributed by atoms with E-state index in [0.29, 0.717) is 23.7 Å². The van der Waals surface area contributed by atoms with Crippen LogP contribution in [-0.2, 0) is 4.74 Å². The Labute approximate surface area is 141 Å². The van der Waals surface area contributed by atoms with Crippen LogP contribution in [-0.4, -0.2) is 55.2 Å². The van der Waals surface area contributed by atoms with E-state index in [1.54, 1.807) is 36.5 Å². The molecule has 1 N–H and O–H groups in total. The van der Waals surface area contributed by atoms with Crippen LogP contribution in [0.3, 0.4) is 0 Å². The van der Waals surface area contributed by atoms with Crippen LogP contribution in [0.4, 0.5) is 0 Å². The zero-order chi connectivity index (χ0) is 16.6. The number of nitrogens with one attached hydrogen (secondary N) is 1. The van der Waals surface area contributed by atoms with Gasteiger partial charge in [0.25, 0.3) is 5.91 Å². The fourth-order valence-electron chi connectivity index (χ4n) is 2.48. The minimum Gasteiger partial charge on any atom is -0.439 e. The first-order valence-corrected chi connectivity index (χ1v) is 8.08. The number of morpholine rings is 1. The van der Waals surface area contributed by atoms with E-state index in [4.69, 9.17) is 9.47 Å². The van der Waals surface area contributed by atoms with Gasteiger partial charge in [-0.15, -0.1) is 0 Å². The summed E-state index contributed by atoms with van der Waals surface area (Å²) in [7, 11) is 0. The van der Waals surface area contributed by atoms with E-state index in [9.17, 15) is 4.79 Å². The van der Waals surface area contributed by atoms with Crippen molar-refractivity contribution in [3.8, 4) is 11.6 Å². The minimum atomic E-state index is -0.102. The van der Waals surface area contributed by atoms with Crippen LogP contribution in [0, 0.1) is 0 Å². The van der Waals surface area contributed by atoms with Crippen LogP contribution in [0.2, 0.25) is 0 Å². The van der Waals surface area contributed by atoms with Crippen molar-refractivity contribution in [2.45, 2.75) is 0 Å². The Kier molecular flexibility index (Phi) is 5.76. The molecule has 1 aliphatic rings. The molecule has 6 heteroatoms. The predicted molar refractivity (Wildman–Crippen MR) is 90.3 cm³/mol. The van der Waals surface area contributed by atoms with Crippen LogP contribution in [0.15, 0.2) is 48.7 Å². The number of hydrogen-bond donors (Lipinski definition) is 1. The maximum atomic E-state index is 12.3.